The van der Waals surface area contributed by atoms with Crippen molar-refractivity contribution in [2.75, 3.05) is 0 Å². The average molecular weight is 857 g/mol. The molecule has 0 spiro atoms. The van der Waals surface area contributed by atoms with Crippen molar-refractivity contribution < 1.29 is 38.1 Å². The molecule has 2 fully saturated rings. The number of carboxylic acids is 1. The van der Waals surface area contributed by atoms with E-state index in [4.69, 9.17) is 13.8 Å². The number of aromatic nitrogens is 6. The number of aliphatic carboxylic acids is 1. The average Bonchev–Trinajstić information content (AvgIpc) is 3.95. The molecule has 4 heterocycles. The summed E-state index contributed by atoms with van der Waals surface area (Å²) in [5.41, 5.74) is 0.0915. The lowest BCUT2D eigenvalue weighted by atomic mass is 9.84. The summed E-state index contributed by atoms with van der Waals surface area (Å²) >= 11 is 0. The fourth-order valence-electron chi connectivity index (χ4n) is 8.18. The van der Waals surface area contributed by atoms with Crippen molar-refractivity contribution in [1.29, 1.82) is 0 Å². The van der Waals surface area contributed by atoms with Crippen LogP contribution in [0.3, 0.4) is 0 Å². The lowest BCUT2D eigenvalue weighted by Crippen LogP contribution is -2.25. The Bertz CT molecular complexity index is 1950. The zero-order chi connectivity index (χ0) is 44.2. The van der Waals surface area contributed by atoms with Crippen LogP contribution >= 0.6 is 0 Å². The fraction of sp³-hybridized carbons (Fsp3) is 0.609. The van der Waals surface area contributed by atoms with Gasteiger partial charge in [0.2, 0.25) is 11.8 Å². The zero-order valence-electron chi connectivity index (χ0n) is 36.6. The van der Waals surface area contributed by atoms with Crippen LogP contribution in [0.25, 0.3) is 0 Å². The molecular weight excluding hydrogens is 793 g/mol. The Hall–Kier alpha value is -5.54. The van der Waals surface area contributed by atoms with Gasteiger partial charge in [-0.25, -0.2) is 0 Å². The van der Waals surface area contributed by atoms with Crippen molar-refractivity contribution in [2.24, 2.45) is 11.8 Å². The van der Waals surface area contributed by atoms with Crippen LogP contribution in [0.1, 0.15) is 193 Å². The second kappa shape index (κ2) is 24.8. The Balaban J connectivity index is 0.000000236. The quantitative estimate of drug-likeness (QED) is 0.0707. The molecule has 16 nitrogen and oxygen atoms in total. The number of amides is 2. The number of ether oxygens (including phenoxy) is 1. The molecule has 16 heteroatoms. The molecule has 2 aliphatic carbocycles. The lowest BCUT2D eigenvalue weighted by Gasteiger charge is -2.23. The van der Waals surface area contributed by atoms with Gasteiger partial charge in [0.1, 0.15) is 17.0 Å². The normalized spacial score (nSPS) is 15.7. The third-order valence-electron chi connectivity index (χ3n) is 11.3. The highest BCUT2D eigenvalue weighted by Crippen LogP contribution is 2.33. The highest BCUT2D eigenvalue weighted by Gasteiger charge is 2.27. The number of nitrogens with one attached hydrogen (secondary N) is 2. The van der Waals surface area contributed by atoms with E-state index in [1.54, 1.807) is 48.8 Å². The minimum atomic E-state index is -0.879. The molecule has 0 radical (unpaired) electrons. The predicted molar refractivity (Wildman–Crippen MR) is 228 cm³/mol. The summed E-state index contributed by atoms with van der Waals surface area (Å²) in [5.74, 6) is 0.707. The van der Waals surface area contributed by atoms with E-state index in [1.165, 1.54) is 64.2 Å². The maximum atomic E-state index is 12.5. The molecule has 0 saturated heterocycles. The zero-order valence-corrected chi connectivity index (χ0v) is 36.6. The van der Waals surface area contributed by atoms with Gasteiger partial charge >= 0.3 is 11.9 Å². The number of hydrogen-bond acceptors (Lipinski definition) is 13. The van der Waals surface area contributed by atoms with Gasteiger partial charge in [-0.1, -0.05) is 112 Å². The summed E-state index contributed by atoms with van der Waals surface area (Å²) in [5, 5.41) is 22.6. The number of carbonyl (C=O) groups excluding carboxylic acids is 3. The molecule has 6 rings (SSSR count). The van der Waals surface area contributed by atoms with Crippen LogP contribution in [-0.4, -0.2) is 64.7 Å². The third-order valence-corrected chi connectivity index (χ3v) is 11.3. The number of rotatable bonds is 20. The highest BCUT2D eigenvalue weighted by molar-refractivity contribution is 5.92. The summed E-state index contributed by atoms with van der Waals surface area (Å²) in [7, 11) is 0. The van der Waals surface area contributed by atoms with E-state index in [2.05, 4.69) is 40.9 Å². The van der Waals surface area contributed by atoms with E-state index in [1.807, 2.05) is 20.8 Å². The van der Waals surface area contributed by atoms with Gasteiger partial charge in [0.05, 0.1) is 25.9 Å². The van der Waals surface area contributed by atoms with Crippen LogP contribution in [0, 0.1) is 11.8 Å². The molecule has 0 aromatic carbocycles. The molecule has 336 valence electrons. The summed E-state index contributed by atoms with van der Waals surface area (Å²) in [6.07, 6.45) is 22.1. The van der Waals surface area contributed by atoms with Gasteiger partial charge in [-0.05, 0) is 69.7 Å². The standard InChI is InChI=1S/C25H36N4O4.C21H28N4O4/c1-25(2,3)32-22(30)16-19(13-9-12-18-10-5-4-6-11-18)24-28-21(29-33-24)17-27-23(31)20-14-7-8-15-26-20;26-19(27)13-16(10-6-9-15-7-2-1-3-8-15)21-24-18(25-29-21)14-23-20(28)17-11-4-5-12-22-17/h7-8,14-15,18-19H,4-6,9-13,16-17H2,1-3H3,(H,27,31);4-5,11-12,15-16H,1-3,6-10,13-14H2,(H,23,28)(H,26,27)/t19-;16-/m11/s1. The molecular formula is C46H64N8O8. The Labute approximate surface area is 364 Å². The molecule has 62 heavy (non-hydrogen) atoms. The molecule has 0 aliphatic heterocycles. The van der Waals surface area contributed by atoms with Crippen LogP contribution in [-0.2, 0) is 27.4 Å². The number of esters is 1. The summed E-state index contributed by atoms with van der Waals surface area (Å²) in [6, 6.07) is 10.2. The van der Waals surface area contributed by atoms with Crippen molar-refractivity contribution in [3.05, 3.63) is 83.6 Å². The van der Waals surface area contributed by atoms with Gasteiger partial charge in [-0.3, -0.25) is 29.1 Å². The smallest absolute Gasteiger partial charge is 0.307 e. The van der Waals surface area contributed by atoms with Crippen molar-refractivity contribution in [1.82, 2.24) is 40.9 Å². The van der Waals surface area contributed by atoms with Crippen molar-refractivity contribution in [3.8, 4) is 0 Å². The maximum Gasteiger partial charge on any atom is 0.307 e. The van der Waals surface area contributed by atoms with Gasteiger partial charge in [-0.15, -0.1) is 0 Å². The number of pyridine rings is 2. The first-order valence-corrected chi connectivity index (χ1v) is 22.4. The highest BCUT2D eigenvalue weighted by atomic mass is 16.6. The Morgan fingerprint density at radius 2 is 1.15 bits per heavy atom. The molecule has 0 bridgehead atoms. The molecule has 4 aromatic rings. The monoisotopic (exact) mass is 856 g/mol. The second-order valence-corrected chi connectivity index (χ2v) is 17.5. The topological polar surface area (TPSA) is 225 Å². The summed E-state index contributed by atoms with van der Waals surface area (Å²) in [6.45, 7) is 5.80. The molecule has 2 atom stereocenters. The van der Waals surface area contributed by atoms with Crippen molar-refractivity contribution in [3.63, 3.8) is 0 Å². The first-order chi connectivity index (χ1) is 29.9. The number of carboxylic acid groups (broad SMARTS) is 1. The van der Waals surface area contributed by atoms with Gasteiger partial charge in [0.15, 0.2) is 11.6 Å². The predicted octanol–water partition coefficient (Wildman–Crippen LogP) is 8.66. The Morgan fingerprint density at radius 3 is 1.55 bits per heavy atom. The van der Waals surface area contributed by atoms with Crippen LogP contribution in [0.15, 0.2) is 57.8 Å². The fourth-order valence-corrected chi connectivity index (χ4v) is 8.18. The van der Waals surface area contributed by atoms with Crippen molar-refractivity contribution in [2.45, 2.75) is 167 Å². The molecule has 2 amide bonds. The summed E-state index contributed by atoms with van der Waals surface area (Å²) < 4.78 is 16.3. The van der Waals surface area contributed by atoms with Crippen molar-refractivity contribution >= 4 is 23.8 Å². The molecule has 3 N–H and O–H groups in total. The minimum absolute atomic E-state index is 0.0351. The number of hydrogen-bond donors (Lipinski definition) is 3. The minimum Gasteiger partial charge on any atom is -0.481 e. The first kappa shape index (κ1) is 47.5. The van der Waals surface area contributed by atoms with Gasteiger partial charge in [0, 0.05) is 24.2 Å². The van der Waals surface area contributed by atoms with Crippen LogP contribution in [0.5, 0.6) is 0 Å². The number of nitrogens with zero attached hydrogens (tertiary/aromatic N) is 6. The lowest BCUT2D eigenvalue weighted by molar-refractivity contribution is -0.155. The molecule has 2 saturated carbocycles. The van der Waals surface area contributed by atoms with E-state index in [9.17, 15) is 24.3 Å². The largest absolute Gasteiger partial charge is 0.481 e. The molecule has 0 unspecified atom stereocenters. The van der Waals surface area contributed by atoms with Crippen LogP contribution in [0.2, 0.25) is 0 Å². The Kier molecular flexibility index (Phi) is 19.0. The molecule has 2 aliphatic rings. The van der Waals surface area contributed by atoms with E-state index >= 15 is 0 Å². The van der Waals surface area contributed by atoms with Crippen LogP contribution < -0.4 is 10.6 Å². The van der Waals surface area contributed by atoms with E-state index in [-0.39, 0.29) is 55.6 Å². The molecule has 4 aromatic heterocycles. The number of carbonyl (C=O) groups is 4. The first-order valence-electron chi connectivity index (χ1n) is 22.4. The van der Waals surface area contributed by atoms with E-state index in [0.29, 0.717) is 41.2 Å². The third kappa shape index (κ3) is 17.1. The van der Waals surface area contributed by atoms with Crippen LogP contribution in [0.4, 0.5) is 0 Å². The van der Waals surface area contributed by atoms with Gasteiger partial charge in [-0.2, -0.15) is 9.97 Å². The van der Waals surface area contributed by atoms with Gasteiger partial charge < -0.3 is 29.5 Å². The van der Waals surface area contributed by atoms with E-state index in [0.717, 1.165) is 43.9 Å². The SMILES string of the molecule is CC(C)(C)OC(=O)C[C@@H](CCCC1CCCCC1)c1nc(CNC(=O)c2ccccn2)no1.O=C(O)C[C@@H](CCCC1CCCCC1)c1nc(CNC(=O)c2ccccn2)no1. The van der Waals surface area contributed by atoms with E-state index < -0.39 is 11.6 Å². The van der Waals surface area contributed by atoms with Gasteiger partial charge in [0.25, 0.3) is 11.8 Å². The Morgan fingerprint density at radius 1 is 0.694 bits per heavy atom. The maximum absolute atomic E-state index is 12.5. The second-order valence-electron chi connectivity index (χ2n) is 17.5. The summed E-state index contributed by atoms with van der Waals surface area (Å²) in [4.78, 5) is 64.9.